The molecule has 0 aliphatic heterocycles. The Bertz CT molecular complexity index is 831. The van der Waals surface area contributed by atoms with E-state index in [2.05, 4.69) is 26.2 Å². The van der Waals surface area contributed by atoms with E-state index in [-0.39, 0.29) is 23.8 Å². The lowest BCUT2D eigenvalue weighted by Crippen LogP contribution is -2.44. The first kappa shape index (κ1) is 21.5. The lowest BCUT2D eigenvalue weighted by molar-refractivity contribution is 0.0372. The molecule has 9 heteroatoms. The predicted molar refractivity (Wildman–Crippen MR) is 101 cm³/mol. The largest absolute Gasteiger partial charge is 0.444 e. The number of hydrogen-bond donors (Lipinski definition) is 1. The summed E-state index contributed by atoms with van der Waals surface area (Å²) in [4.78, 5) is 16.1. The van der Waals surface area contributed by atoms with E-state index in [9.17, 15) is 18.0 Å². The number of rotatable bonds is 5. The molecule has 0 radical (unpaired) electrons. The van der Waals surface area contributed by atoms with Gasteiger partial charge in [0.1, 0.15) is 16.9 Å². The maximum atomic E-state index is 14.3. The number of nitrogens with one attached hydrogen (secondary N) is 1. The molecule has 1 amide bonds. The van der Waals surface area contributed by atoms with Crippen molar-refractivity contribution in [2.24, 2.45) is 0 Å². The molecule has 150 valence electrons. The zero-order chi connectivity index (χ0) is 20.5. The van der Waals surface area contributed by atoms with Crippen LogP contribution in [0.4, 0.5) is 18.0 Å². The first-order valence-corrected chi connectivity index (χ1v) is 9.32. The number of aromatic nitrogens is 2. The van der Waals surface area contributed by atoms with Gasteiger partial charge in [0.05, 0.1) is 11.6 Å². The second-order valence-electron chi connectivity index (χ2n) is 7.54. The third-order valence-electron chi connectivity index (χ3n) is 3.71. The van der Waals surface area contributed by atoms with Crippen LogP contribution >= 0.6 is 15.9 Å². The minimum Gasteiger partial charge on any atom is -0.444 e. The van der Waals surface area contributed by atoms with Gasteiger partial charge in [0, 0.05) is 16.9 Å². The number of hydrogen-bond acceptors (Lipinski definition) is 3. The number of fused-ring (bicyclic) bond motifs is 1. The zero-order valence-electron chi connectivity index (χ0n) is 15.8. The molecule has 5 nitrogen and oxygen atoms in total. The van der Waals surface area contributed by atoms with Gasteiger partial charge in [0.25, 0.3) is 6.43 Å². The van der Waals surface area contributed by atoms with Gasteiger partial charge in [-0.1, -0.05) is 15.9 Å². The Morgan fingerprint density at radius 1 is 1.33 bits per heavy atom. The third kappa shape index (κ3) is 5.37. The van der Waals surface area contributed by atoms with E-state index >= 15 is 0 Å². The minimum absolute atomic E-state index is 0.104. The summed E-state index contributed by atoms with van der Waals surface area (Å²) in [5, 5.41) is 2.19. The molecule has 0 aliphatic carbocycles. The first-order valence-electron chi connectivity index (χ1n) is 8.52. The number of nitrogens with zero attached hydrogens (tertiary/aromatic N) is 2. The Balaban J connectivity index is 2.38. The SMILES string of the molecule is CC(C)n1c(CC(NC(=O)OC(C)(C)C)C(F)F)nc2c(F)cc(Br)cc21. The van der Waals surface area contributed by atoms with Gasteiger partial charge in [-0.2, -0.15) is 0 Å². The van der Waals surface area contributed by atoms with Gasteiger partial charge in [-0.05, 0) is 46.8 Å². The second-order valence-corrected chi connectivity index (χ2v) is 8.45. The number of carbonyl (C=O) groups is 1. The third-order valence-corrected chi connectivity index (χ3v) is 4.17. The Kier molecular flexibility index (Phi) is 6.44. The summed E-state index contributed by atoms with van der Waals surface area (Å²) in [7, 11) is 0. The minimum atomic E-state index is -2.84. The van der Waals surface area contributed by atoms with Crippen molar-refractivity contribution in [2.75, 3.05) is 0 Å². The lowest BCUT2D eigenvalue weighted by Gasteiger charge is -2.23. The zero-order valence-corrected chi connectivity index (χ0v) is 17.4. The van der Waals surface area contributed by atoms with Gasteiger partial charge in [-0.25, -0.2) is 22.9 Å². The highest BCUT2D eigenvalue weighted by atomic mass is 79.9. The van der Waals surface area contributed by atoms with Crippen LogP contribution in [0.15, 0.2) is 16.6 Å². The number of benzene rings is 1. The molecule has 27 heavy (non-hydrogen) atoms. The van der Waals surface area contributed by atoms with Crippen molar-refractivity contribution in [1.29, 1.82) is 0 Å². The van der Waals surface area contributed by atoms with Crippen molar-refractivity contribution in [3.8, 4) is 0 Å². The van der Waals surface area contributed by atoms with E-state index in [0.717, 1.165) is 0 Å². The Morgan fingerprint density at radius 3 is 2.48 bits per heavy atom. The van der Waals surface area contributed by atoms with Gasteiger partial charge in [-0.3, -0.25) is 0 Å². The number of imidazole rings is 1. The molecule has 1 N–H and O–H groups in total. The summed E-state index contributed by atoms with van der Waals surface area (Å²) >= 11 is 3.24. The number of ether oxygens (including phenoxy) is 1. The highest BCUT2D eigenvalue weighted by Crippen LogP contribution is 2.28. The summed E-state index contributed by atoms with van der Waals surface area (Å²) in [5.41, 5.74) is -0.207. The van der Waals surface area contributed by atoms with Gasteiger partial charge in [0.15, 0.2) is 5.82 Å². The average Bonchev–Trinajstić information content (AvgIpc) is 2.82. The van der Waals surface area contributed by atoms with E-state index in [4.69, 9.17) is 4.74 Å². The molecule has 0 saturated heterocycles. The molecular formula is C18H23BrF3N3O2. The van der Waals surface area contributed by atoms with Crippen LogP contribution in [-0.2, 0) is 11.2 Å². The molecule has 0 bridgehead atoms. The van der Waals surface area contributed by atoms with Gasteiger partial charge in [0.2, 0.25) is 0 Å². The van der Waals surface area contributed by atoms with Crippen molar-refractivity contribution in [2.45, 2.75) is 65.1 Å². The molecule has 1 heterocycles. The smallest absolute Gasteiger partial charge is 0.408 e. The Morgan fingerprint density at radius 2 is 1.96 bits per heavy atom. The maximum absolute atomic E-state index is 14.3. The molecule has 0 fully saturated rings. The Hall–Kier alpha value is -1.77. The highest BCUT2D eigenvalue weighted by molar-refractivity contribution is 9.10. The Labute approximate surface area is 164 Å². The number of alkyl halides is 2. The fourth-order valence-electron chi connectivity index (χ4n) is 2.75. The number of halogens is 4. The number of amides is 1. The van der Waals surface area contributed by atoms with Gasteiger partial charge < -0.3 is 14.6 Å². The number of alkyl carbamates (subject to hydrolysis) is 1. The number of carbonyl (C=O) groups excluding carboxylic acids is 1. The quantitative estimate of drug-likeness (QED) is 0.680. The average molecular weight is 450 g/mol. The van der Waals surface area contributed by atoms with Crippen molar-refractivity contribution in [3.63, 3.8) is 0 Å². The van der Waals surface area contributed by atoms with Crippen LogP contribution in [0.2, 0.25) is 0 Å². The summed E-state index contributed by atoms with van der Waals surface area (Å²) < 4.78 is 48.6. The molecule has 0 saturated carbocycles. The van der Waals surface area contributed by atoms with Crippen LogP contribution in [0.1, 0.15) is 46.5 Å². The lowest BCUT2D eigenvalue weighted by atomic mass is 10.2. The van der Waals surface area contributed by atoms with E-state index < -0.39 is 30.0 Å². The summed E-state index contributed by atoms with van der Waals surface area (Å²) in [6, 6.07) is 1.31. The highest BCUT2D eigenvalue weighted by Gasteiger charge is 2.29. The molecule has 2 aromatic rings. The van der Waals surface area contributed by atoms with Gasteiger partial charge in [-0.15, -0.1) is 0 Å². The molecule has 1 aromatic heterocycles. The molecule has 1 aromatic carbocycles. The molecule has 1 atom stereocenters. The van der Waals surface area contributed by atoms with Crippen molar-refractivity contribution < 1.29 is 22.7 Å². The summed E-state index contributed by atoms with van der Waals surface area (Å²) in [6.45, 7) is 8.62. The molecule has 2 rings (SSSR count). The fraction of sp³-hybridized carbons (Fsp3) is 0.556. The van der Waals surface area contributed by atoms with Crippen LogP contribution in [0.25, 0.3) is 11.0 Å². The predicted octanol–water partition coefficient (Wildman–Crippen LogP) is 5.22. The maximum Gasteiger partial charge on any atom is 0.408 e. The van der Waals surface area contributed by atoms with E-state index in [0.29, 0.717) is 9.99 Å². The van der Waals surface area contributed by atoms with Crippen LogP contribution in [-0.4, -0.2) is 33.7 Å². The van der Waals surface area contributed by atoms with Crippen LogP contribution in [0.5, 0.6) is 0 Å². The molecular weight excluding hydrogens is 427 g/mol. The van der Waals surface area contributed by atoms with Crippen molar-refractivity contribution in [3.05, 3.63) is 28.2 Å². The topological polar surface area (TPSA) is 56.2 Å². The fourth-order valence-corrected chi connectivity index (χ4v) is 3.17. The van der Waals surface area contributed by atoms with E-state index in [1.54, 1.807) is 31.4 Å². The van der Waals surface area contributed by atoms with Crippen LogP contribution in [0.3, 0.4) is 0 Å². The standard InChI is InChI=1S/C18H23BrF3N3O2/c1-9(2)25-13-7-10(19)6-11(20)15(13)24-14(25)8-12(16(21)22)23-17(26)27-18(3,4)5/h6-7,9,12,16H,8H2,1-5H3,(H,23,26). The van der Waals surface area contributed by atoms with Crippen molar-refractivity contribution in [1.82, 2.24) is 14.9 Å². The normalized spacial score (nSPS) is 13.4. The molecule has 0 spiro atoms. The summed E-state index contributed by atoms with van der Waals surface area (Å²) in [5.74, 6) is -0.285. The van der Waals surface area contributed by atoms with Gasteiger partial charge >= 0.3 is 6.09 Å². The van der Waals surface area contributed by atoms with E-state index in [1.165, 1.54) is 6.07 Å². The van der Waals surface area contributed by atoms with E-state index in [1.807, 2.05) is 13.8 Å². The summed E-state index contributed by atoms with van der Waals surface area (Å²) in [6.07, 6.45) is -4.04. The second kappa shape index (κ2) is 8.08. The molecule has 0 aliphatic rings. The molecule has 1 unspecified atom stereocenters. The van der Waals surface area contributed by atoms with Crippen LogP contribution in [0, 0.1) is 5.82 Å². The van der Waals surface area contributed by atoms with Crippen LogP contribution < -0.4 is 5.32 Å². The van der Waals surface area contributed by atoms with Crippen molar-refractivity contribution >= 4 is 33.1 Å². The first-order chi connectivity index (χ1) is 12.4. The monoisotopic (exact) mass is 449 g/mol.